The summed E-state index contributed by atoms with van der Waals surface area (Å²) >= 11 is 0. The van der Waals surface area contributed by atoms with Crippen molar-refractivity contribution in [3.05, 3.63) is 88.9 Å². The van der Waals surface area contributed by atoms with Gasteiger partial charge in [-0.3, -0.25) is 4.79 Å². The van der Waals surface area contributed by atoms with Crippen LogP contribution in [0.5, 0.6) is 23.1 Å². The highest BCUT2D eigenvalue weighted by Gasteiger charge is 2.43. The third kappa shape index (κ3) is 6.52. The molecule has 3 aromatic rings. The molecule has 0 atom stereocenters. The molecule has 0 bridgehead atoms. The summed E-state index contributed by atoms with van der Waals surface area (Å²) in [7, 11) is 3.34. The van der Waals surface area contributed by atoms with E-state index in [-0.39, 0.29) is 41.2 Å². The van der Waals surface area contributed by atoms with Crippen molar-refractivity contribution in [3.63, 3.8) is 0 Å². The minimum absolute atomic E-state index is 0.0771. The van der Waals surface area contributed by atoms with Crippen molar-refractivity contribution in [2.45, 2.75) is 25.6 Å². The number of hydrogen-bond acceptors (Lipinski definition) is 7. The molecule has 1 amide bonds. The number of carbonyl (C=O) groups is 1. The lowest BCUT2D eigenvalue weighted by Gasteiger charge is -2.18. The molecule has 5 rings (SSSR count). The number of phenols is 1. The van der Waals surface area contributed by atoms with Crippen LogP contribution in [0.4, 0.5) is 13.2 Å². The van der Waals surface area contributed by atoms with Gasteiger partial charge in [0, 0.05) is 51.1 Å². The van der Waals surface area contributed by atoms with Gasteiger partial charge in [-0.15, -0.1) is 8.78 Å². The molecule has 1 aliphatic heterocycles. The normalized spacial score (nSPS) is 15.5. The molecular weight excluding hydrogens is 551 g/mol. The topological polar surface area (TPSA) is 93.2 Å². The molecule has 11 heteroatoms. The van der Waals surface area contributed by atoms with E-state index in [1.54, 1.807) is 38.4 Å². The van der Waals surface area contributed by atoms with Gasteiger partial charge in [-0.1, -0.05) is 18.2 Å². The summed E-state index contributed by atoms with van der Waals surface area (Å²) in [6, 6.07) is 10.6. The number of aromatic nitrogens is 1. The number of rotatable bonds is 9. The quantitative estimate of drug-likeness (QED) is 0.267. The van der Waals surface area contributed by atoms with E-state index in [0.29, 0.717) is 49.1 Å². The van der Waals surface area contributed by atoms with Crippen molar-refractivity contribution in [3.8, 4) is 23.1 Å². The van der Waals surface area contributed by atoms with Crippen molar-refractivity contribution in [2.24, 2.45) is 0 Å². The lowest BCUT2D eigenvalue weighted by Crippen LogP contribution is -2.25. The van der Waals surface area contributed by atoms with Crippen molar-refractivity contribution < 1.29 is 37.3 Å². The van der Waals surface area contributed by atoms with Gasteiger partial charge >= 0.3 is 6.29 Å². The highest BCUT2D eigenvalue weighted by Crippen LogP contribution is 2.46. The van der Waals surface area contributed by atoms with Gasteiger partial charge in [0.25, 0.3) is 0 Å². The Labute approximate surface area is 241 Å². The smallest absolute Gasteiger partial charge is 0.508 e. The van der Waals surface area contributed by atoms with Gasteiger partial charge in [-0.05, 0) is 71.4 Å². The van der Waals surface area contributed by atoms with Crippen LogP contribution in [-0.4, -0.2) is 61.0 Å². The zero-order valence-electron chi connectivity index (χ0n) is 23.1. The van der Waals surface area contributed by atoms with Gasteiger partial charge in [-0.25, -0.2) is 9.37 Å². The maximum atomic E-state index is 15.8. The number of benzene rings is 2. The number of likely N-dealkylation sites (N-methyl/N-ethyl adjacent to an activating group) is 1. The number of hydrogen-bond donors (Lipinski definition) is 2. The summed E-state index contributed by atoms with van der Waals surface area (Å²) in [5, 5.41) is 13.2. The summed E-state index contributed by atoms with van der Waals surface area (Å²) in [5.41, 5.74) is 3.61. The Morgan fingerprint density at radius 3 is 2.71 bits per heavy atom. The molecule has 0 unspecified atom stereocenters. The Hall–Kier alpha value is -4.51. The van der Waals surface area contributed by atoms with E-state index in [0.717, 1.165) is 11.1 Å². The minimum atomic E-state index is -3.76. The molecule has 0 fully saturated rings. The second-order valence-corrected chi connectivity index (χ2v) is 10.1. The number of halogens is 3. The summed E-state index contributed by atoms with van der Waals surface area (Å²) in [6.07, 6.45) is 2.64. The number of aryl methyl sites for hydroxylation is 1. The average Bonchev–Trinajstić information content (AvgIpc) is 3.13. The fourth-order valence-electron chi connectivity index (χ4n) is 4.91. The highest BCUT2D eigenvalue weighted by atomic mass is 19.3. The van der Waals surface area contributed by atoms with Crippen LogP contribution in [0.1, 0.15) is 35.1 Å². The van der Waals surface area contributed by atoms with E-state index in [2.05, 4.69) is 19.8 Å². The summed E-state index contributed by atoms with van der Waals surface area (Å²) < 4.78 is 58.0. The maximum Gasteiger partial charge on any atom is 0.586 e. The third-order valence-electron chi connectivity index (χ3n) is 6.87. The van der Waals surface area contributed by atoms with E-state index < -0.39 is 12.1 Å². The molecule has 2 aliphatic rings. The number of nitrogens with one attached hydrogen (secondary N) is 1. The molecule has 42 heavy (non-hydrogen) atoms. The van der Waals surface area contributed by atoms with Gasteiger partial charge < -0.3 is 29.5 Å². The number of fused-ring (bicyclic) bond motifs is 2. The second-order valence-electron chi connectivity index (χ2n) is 10.1. The van der Waals surface area contributed by atoms with Crippen LogP contribution in [0.25, 0.3) is 11.1 Å². The molecule has 2 aromatic carbocycles. The molecule has 1 aromatic heterocycles. The van der Waals surface area contributed by atoms with E-state index in [1.165, 1.54) is 41.4 Å². The Kier molecular flexibility index (Phi) is 8.39. The minimum Gasteiger partial charge on any atom is -0.508 e. The van der Waals surface area contributed by atoms with Crippen molar-refractivity contribution in [2.75, 3.05) is 33.8 Å². The van der Waals surface area contributed by atoms with E-state index >= 15 is 4.39 Å². The summed E-state index contributed by atoms with van der Waals surface area (Å²) in [5.74, 6) is -0.666. The predicted octanol–water partition coefficient (Wildman–Crippen LogP) is 5.16. The fraction of sp³-hybridized carbons (Fsp3) is 0.290. The first-order valence-electron chi connectivity index (χ1n) is 13.4. The van der Waals surface area contributed by atoms with Gasteiger partial charge in [0.15, 0.2) is 11.5 Å². The van der Waals surface area contributed by atoms with Crippen molar-refractivity contribution in [1.29, 1.82) is 0 Å². The zero-order chi connectivity index (χ0) is 29.9. The Balaban J connectivity index is 1.41. The average molecular weight is 582 g/mol. The number of nitrogens with zero attached hydrogens (tertiary/aromatic N) is 2. The zero-order valence-corrected chi connectivity index (χ0v) is 23.1. The van der Waals surface area contributed by atoms with E-state index in [1.807, 2.05) is 0 Å². The molecule has 1 aliphatic carbocycles. The number of alkyl halides is 2. The van der Waals surface area contributed by atoms with Crippen LogP contribution < -0.4 is 19.5 Å². The number of carbonyl (C=O) groups excluding carboxylic acids is 1. The molecule has 0 spiro atoms. The first-order valence-corrected chi connectivity index (χ1v) is 13.4. The SMILES string of the molecule is CN(C)C(=O)/C=C/CNCCOc1cc(F)c(C2=C(c3ccc4c(c3)OC(F)(F)O4)CCCc3cc(O)ccc32)cn1. The third-order valence-corrected chi connectivity index (χ3v) is 6.87. The largest absolute Gasteiger partial charge is 0.586 e. The first-order chi connectivity index (χ1) is 20.1. The molecule has 0 radical (unpaired) electrons. The number of ether oxygens (including phenoxy) is 3. The Bertz CT molecular complexity index is 1550. The van der Waals surface area contributed by atoms with Crippen LogP contribution in [0.15, 0.2) is 60.8 Å². The van der Waals surface area contributed by atoms with Crippen LogP contribution in [0.2, 0.25) is 0 Å². The fourth-order valence-corrected chi connectivity index (χ4v) is 4.91. The van der Waals surface area contributed by atoms with Gasteiger partial charge in [0.1, 0.15) is 18.2 Å². The molecule has 220 valence electrons. The van der Waals surface area contributed by atoms with Crippen LogP contribution in [0.3, 0.4) is 0 Å². The first kappa shape index (κ1) is 29.0. The predicted molar refractivity (Wildman–Crippen MR) is 150 cm³/mol. The maximum absolute atomic E-state index is 15.8. The highest BCUT2D eigenvalue weighted by molar-refractivity contribution is 6.00. The number of phenolic OH excluding ortho intramolecular Hbond substituents is 1. The van der Waals surface area contributed by atoms with Gasteiger partial charge in [-0.2, -0.15) is 0 Å². The molecule has 0 saturated carbocycles. The van der Waals surface area contributed by atoms with Gasteiger partial charge in [0.2, 0.25) is 11.8 Å². The number of pyridine rings is 1. The molecule has 2 heterocycles. The number of allylic oxidation sites excluding steroid dienone is 1. The van der Waals surface area contributed by atoms with Crippen LogP contribution >= 0.6 is 0 Å². The van der Waals surface area contributed by atoms with Crippen LogP contribution in [-0.2, 0) is 11.2 Å². The Morgan fingerprint density at radius 2 is 1.93 bits per heavy atom. The van der Waals surface area contributed by atoms with E-state index in [4.69, 9.17) is 4.74 Å². The van der Waals surface area contributed by atoms with Crippen molar-refractivity contribution >= 4 is 17.1 Å². The number of amides is 1. The number of aromatic hydroxyl groups is 1. The van der Waals surface area contributed by atoms with Gasteiger partial charge in [0.05, 0.1) is 0 Å². The lowest BCUT2D eigenvalue weighted by molar-refractivity contribution is -0.286. The molecule has 8 nitrogen and oxygen atoms in total. The summed E-state index contributed by atoms with van der Waals surface area (Å²) in [4.78, 5) is 17.4. The Morgan fingerprint density at radius 1 is 1.12 bits per heavy atom. The van der Waals surface area contributed by atoms with E-state index in [9.17, 15) is 18.7 Å². The summed E-state index contributed by atoms with van der Waals surface area (Å²) in [6.45, 7) is 1.13. The molecule has 2 N–H and O–H groups in total. The lowest BCUT2D eigenvalue weighted by atomic mass is 9.88. The van der Waals surface area contributed by atoms with Crippen molar-refractivity contribution in [1.82, 2.24) is 15.2 Å². The standard InChI is InChI=1S/C31H30F3N3O5/c1-37(2)29(39)7-4-12-35-13-14-40-28-17-25(32)24(18-36-28)30-22(6-3-5-19-15-21(38)9-10-23(19)30)20-8-11-26-27(16-20)42-31(33,34)41-26/h4,7-11,15-18,35,38H,3,5-6,12-14H2,1-2H3/b7-4+. The second kappa shape index (κ2) is 12.2. The monoisotopic (exact) mass is 581 g/mol. The molecular formula is C31H30F3N3O5. The molecule has 0 saturated heterocycles. The van der Waals surface area contributed by atoms with Crippen LogP contribution in [0, 0.1) is 5.82 Å².